The Balaban J connectivity index is 1.71. The highest BCUT2D eigenvalue weighted by Crippen LogP contribution is 2.48. The molecule has 0 heterocycles. The summed E-state index contributed by atoms with van der Waals surface area (Å²) in [6.45, 7) is 6.09. The molecule has 2 aromatic carbocycles. The molecule has 1 unspecified atom stereocenters. The van der Waals surface area contributed by atoms with Crippen molar-refractivity contribution < 1.29 is 8.78 Å². The van der Waals surface area contributed by atoms with Crippen molar-refractivity contribution in [2.45, 2.75) is 63.8 Å². The van der Waals surface area contributed by atoms with Gasteiger partial charge in [0, 0.05) is 18.2 Å². The Labute approximate surface area is 179 Å². The van der Waals surface area contributed by atoms with Crippen LogP contribution in [0, 0.1) is 28.9 Å². The van der Waals surface area contributed by atoms with Crippen LogP contribution < -0.4 is 0 Å². The lowest BCUT2D eigenvalue weighted by Crippen LogP contribution is -2.41. The monoisotopic (exact) mass is 410 g/mol. The highest BCUT2D eigenvalue weighted by atomic mass is 19.1. The Morgan fingerprint density at radius 3 is 2.23 bits per heavy atom. The second-order valence-electron chi connectivity index (χ2n) is 8.78. The van der Waals surface area contributed by atoms with Gasteiger partial charge in [-0.1, -0.05) is 42.8 Å². The molecule has 2 nitrogen and oxygen atoms in total. The van der Waals surface area contributed by atoms with Crippen LogP contribution in [0.5, 0.6) is 0 Å². The number of rotatable bonds is 10. The Morgan fingerprint density at radius 2 is 1.70 bits per heavy atom. The van der Waals surface area contributed by atoms with Crippen molar-refractivity contribution in [2.75, 3.05) is 13.1 Å². The minimum Gasteiger partial charge on any atom is -0.301 e. The zero-order valence-electron chi connectivity index (χ0n) is 18.1. The molecule has 0 radical (unpaired) electrons. The maximum absolute atomic E-state index is 14.7. The molecule has 0 saturated heterocycles. The van der Waals surface area contributed by atoms with Crippen molar-refractivity contribution in [3.63, 3.8) is 0 Å². The predicted molar refractivity (Wildman–Crippen MR) is 117 cm³/mol. The molecule has 0 amide bonds. The van der Waals surface area contributed by atoms with Gasteiger partial charge in [-0.25, -0.2) is 8.78 Å². The van der Waals surface area contributed by atoms with E-state index in [1.807, 2.05) is 6.07 Å². The zero-order valence-corrected chi connectivity index (χ0v) is 18.1. The molecule has 3 rings (SSSR count). The maximum Gasteiger partial charge on any atom is 0.130 e. The van der Waals surface area contributed by atoms with E-state index in [1.54, 1.807) is 0 Å². The van der Waals surface area contributed by atoms with E-state index in [2.05, 4.69) is 49.1 Å². The van der Waals surface area contributed by atoms with Gasteiger partial charge < -0.3 is 4.90 Å². The van der Waals surface area contributed by atoms with Crippen LogP contribution in [0.25, 0.3) is 0 Å². The third-order valence-corrected chi connectivity index (χ3v) is 6.69. The van der Waals surface area contributed by atoms with Crippen LogP contribution in [0.4, 0.5) is 8.78 Å². The van der Waals surface area contributed by atoms with Gasteiger partial charge in [0.2, 0.25) is 0 Å². The summed E-state index contributed by atoms with van der Waals surface area (Å²) in [6, 6.07) is 17.1. The fourth-order valence-electron chi connectivity index (χ4n) is 4.67. The second kappa shape index (κ2) is 10.2. The molecule has 0 bridgehead atoms. The molecule has 30 heavy (non-hydrogen) atoms. The molecule has 4 heteroatoms. The van der Waals surface area contributed by atoms with E-state index in [9.17, 15) is 14.0 Å². The predicted octanol–water partition coefficient (Wildman–Crippen LogP) is 6.26. The average Bonchev–Trinajstić information content (AvgIpc) is 2.69. The van der Waals surface area contributed by atoms with Crippen LogP contribution in [0.2, 0.25) is 0 Å². The van der Waals surface area contributed by atoms with E-state index in [0.717, 1.165) is 45.2 Å². The summed E-state index contributed by atoms with van der Waals surface area (Å²) in [6.07, 6.45) is 4.95. The molecular formula is C26H32F2N2. The third-order valence-electron chi connectivity index (χ3n) is 6.69. The van der Waals surface area contributed by atoms with E-state index >= 15 is 0 Å². The molecule has 0 aromatic heterocycles. The van der Waals surface area contributed by atoms with E-state index in [1.165, 1.54) is 23.8 Å². The highest BCUT2D eigenvalue weighted by molar-refractivity contribution is 5.37. The van der Waals surface area contributed by atoms with E-state index in [-0.39, 0.29) is 11.5 Å². The van der Waals surface area contributed by atoms with Gasteiger partial charge in [-0.3, -0.25) is 0 Å². The highest BCUT2D eigenvalue weighted by Gasteiger charge is 2.46. The summed E-state index contributed by atoms with van der Waals surface area (Å²) in [5, 5.41) is 10.1. The number of hydrogen-bond donors (Lipinski definition) is 0. The van der Waals surface area contributed by atoms with E-state index in [4.69, 9.17) is 0 Å². The first-order valence-electron chi connectivity index (χ1n) is 11.1. The minimum atomic E-state index is -1.07. The van der Waals surface area contributed by atoms with Crippen LogP contribution in [-0.2, 0) is 11.8 Å². The Morgan fingerprint density at radius 1 is 1.03 bits per heavy atom. The van der Waals surface area contributed by atoms with Gasteiger partial charge in [0.15, 0.2) is 0 Å². The van der Waals surface area contributed by atoms with Crippen molar-refractivity contribution in [3.05, 3.63) is 71.3 Å². The largest absolute Gasteiger partial charge is 0.301 e. The van der Waals surface area contributed by atoms with Crippen LogP contribution in [0.15, 0.2) is 48.5 Å². The first kappa shape index (κ1) is 22.4. The lowest BCUT2D eigenvalue weighted by Gasteiger charge is -2.41. The van der Waals surface area contributed by atoms with E-state index < -0.39 is 17.0 Å². The fraction of sp³-hybridized carbons (Fsp3) is 0.500. The molecule has 160 valence electrons. The van der Waals surface area contributed by atoms with Crippen molar-refractivity contribution in [1.29, 1.82) is 5.26 Å². The lowest BCUT2D eigenvalue weighted by atomic mass is 9.60. The molecule has 1 atom stereocenters. The van der Waals surface area contributed by atoms with Crippen LogP contribution in [0.3, 0.4) is 0 Å². The first-order chi connectivity index (χ1) is 14.5. The third kappa shape index (κ3) is 4.90. The first-order valence-corrected chi connectivity index (χ1v) is 11.1. The molecule has 1 fully saturated rings. The van der Waals surface area contributed by atoms with Gasteiger partial charge >= 0.3 is 0 Å². The van der Waals surface area contributed by atoms with Crippen molar-refractivity contribution in [1.82, 2.24) is 4.90 Å². The number of halogens is 2. The molecule has 1 saturated carbocycles. The van der Waals surface area contributed by atoms with Gasteiger partial charge in [-0.05, 0) is 76.1 Å². The standard InChI is InChI=1S/C26H32F2N2/c1-20(2)30(18-15-21-9-4-3-5-10-21)17-8-16-26(19-29,22-11-6-12-22)25-23(27)13-7-14-24(25)28/h3-5,7,9-10,13-14,20,22H,6,8,11-12,15-18H2,1-2H3. The normalized spacial score (nSPS) is 16.3. The molecule has 0 aliphatic heterocycles. The van der Waals surface area contributed by atoms with Crippen molar-refractivity contribution >= 4 is 0 Å². The van der Waals surface area contributed by atoms with Gasteiger partial charge in [-0.2, -0.15) is 5.26 Å². The Kier molecular flexibility index (Phi) is 7.61. The smallest absolute Gasteiger partial charge is 0.130 e. The molecular weight excluding hydrogens is 378 g/mol. The van der Waals surface area contributed by atoms with Crippen LogP contribution in [-0.4, -0.2) is 24.0 Å². The summed E-state index contributed by atoms with van der Waals surface area (Å²) in [5.41, 5.74) is 0.213. The zero-order chi connectivity index (χ0) is 21.6. The Hall–Kier alpha value is -2.25. The summed E-state index contributed by atoms with van der Waals surface area (Å²) in [5.74, 6) is -1.15. The number of nitriles is 1. The summed E-state index contributed by atoms with van der Waals surface area (Å²) in [4.78, 5) is 2.40. The van der Waals surface area contributed by atoms with Gasteiger partial charge in [-0.15, -0.1) is 0 Å². The number of hydrogen-bond acceptors (Lipinski definition) is 2. The summed E-state index contributed by atoms with van der Waals surface area (Å²) in [7, 11) is 0. The number of nitrogens with zero attached hydrogens (tertiary/aromatic N) is 2. The molecule has 0 N–H and O–H groups in total. The van der Waals surface area contributed by atoms with Crippen molar-refractivity contribution in [3.8, 4) is 6.07 Å². The minimum absolute atomic E-state index is 0.0161. The summed E-state index contributed by atoms with van der Waals surface area (Å²) < 4.78 is 29.3. The quantitative estimate of drug-likeness (QED) is 0.462. The van der Waals surface area contributed by atoms with Gasteiger partial charge in [0.1, 0.15) is 11.6 Å². The Bertz CT molecular complexity index is 835. The van der Waals surface area contributed by atoms with Gasteiger partial charge in [0.25, 0.3) is 0 Å². The molecule has 1 aliphatic carbocycles. The summed E-state index contributed by atoms with van der Waals surface area (Å²) >= 11 is 0. The van der Waals surface area contributed by atoms with E-state index in [0.29, 0.717) is 12.5 Å². The molecule has 0 spiro atoms. The second-order valence-corrected chi connectivity index (χ2v) is 8.78. The lowest BCUT2D eigenvalue weighted by molar-refractivity contribution is 0.168. The van der Waals surface area contributed by atoms with Crippen molar-refractivity contribution in [2.24, 2.45) is 5.92 Å². The number of benzene rings is 2. The molecule has 1 aliphatic rings. The average molecular weight is 411 g/mol. The van der Waals surface area contributed by atoms with Crippen LogP contribution >= 0.6 is 0 Å². The molecule has 2 aromatic rings. The topological polar surface area (TPSA) is 27.0 Å². The van der Waals surface area contributed by atoms with Gasteiger partial charge in [0.05, 0.1) is 11.5 Å². The fourth-order valence-corrected chi connectivity index (χ4v) is 4.67. The SMILES string of the molecule is CC(C)N(CCCC(C#N)(c1c(F)cccc1F)C1CCC1)CCc1ccccc1. The van der Waals surface area contributed by atoms with Crippen LogP contribution in [0.1, 0.15) is 57.1 Å². The maximum atomic E-state index is 14.7.